The third-order valence-electron chi connectivity index (χ3n) is 2.15. The second-order valence-electron chi connectivity index (χ2n) is 3.43. The zero-order valence-electron chi connectivity index (χ0n) is 10.5. The molecule has 0 bridgehead atoms. The molecule has 6 nitrogen and oxygen atoms in total. The van der Waals surface area contributed by atoms with Crippen LogP contribution in [0.25, 0.3) is 0 Å². The van der Waals surface area contributed by atoms with Crippen molar-refractivity contribution in [2.75, 3.05) is 13.2 Å². The van der Waals surface area contributed by atoms with Crippen molar-refractivity contribution in [3.05, 3.63) is 15.5 Å². The van der Waals surface area contributed by atoms with Gasteiger partial charge in [0.2, 0.25) is 0 Å². The molecule has 1 atom stereocenters. The highest BCUT2D eigenvalue weighted by molar-refractivity contribution is 7.15. The third kappa shape index (κ3) is 4.15. The number of carbonyl (C=O) groups excluding carboxylic acids is 2. The molecule has 1 aromatic heterocycles. The van der Waals surface area contributed by atoms with Gasteiger partial charge in [-0.25, -0.2) is 4.98 Å². The summed E-state index contributed by atoms with van der Waals surface area (Å²) < 4.78 is 9.88. The second kappa shape index (κ2) is 7.42. The fourth-order valence-electron chi connectivity index (χ4n) is 1.36. The summed E-state index contributed by atoms with van der Waals surface area (Å²) in [7, 11) is 0. The number of aromatic nitrogens is 1. The van der Waals surface area contributed by atoms with Gasteiger partial charge in [-0.2, -0.15) is 0 Å². The molecule has 0 aromatic carbocycles. The van der Waals surface area contributed by atoms with E-state index in [-0.39, 0.29) is 18.2 Å². The van der Waals surface area contributed by atoms with E-state index in [4.69, 9.17) is 21.1 Å². The number of thiazole rings is 1. The molecule has 0 saturated carbocycles. The lowest BCUT2D eigenvalue weighted by Gasteiger charge is -2.18. The normalized spacial score (nSPS) is 12.3. The van der Waals surface area contributed by atoms with Crippen LogP contribution in [-0.2, 0) is 19.1 Å². The van der Waals surface area contributed by atoms with Gasteiger partial charge in [0, 0.05) is 0 Å². The van der Waals surface area contributed by atoms with Gasteiger partial charge in [0.15, 0.2) is 5.92 Å². The molecule has 0 spiro atoms. The number of aliphatic hydroxyl groups excluding tert-OH is 1. The molecule has 1 unspecified atom stereocenters. The minimum Gasteiger partial charge on any atom is -0.465 e. The van der Waals surface area contributed by atoms with Crippen molar-refractivity contribution in [2.45, 2.75) is 20.0 Å². The first kappa shape index (κ1) is 15.9. The maximum atomic E-state index is 11.7. The molecule has 1 aromatic rings. The Morgan fingerprint density at radius 2 is 1.89 bits per heavy atom. The molecule has 0 aliphatic heterocycles. The Labute approximate surface area is 119 Å². The van der Waals surface area contributed by atoms with Crippen LogP contribution in [0, 0.1) is 5.92 Å². The predicted molar refractivity (Wildman–Crippen MR) is 68.8 cm³/mol. The number of aliphatic hydroxyl groups is 1. The molecule has 0 fully saturated rings. The molecule has 0 amide bonds. The van der Waals surface area contributed by atoms with Crippen LogP contribution >= 0.6 is 22.9 Å². The summed E-state index contributed by atoms with van der Waals surface area (Å²) in [4.78, 5) is 27.3. The summed E-state index contributed by atoms with van der Waals surface area (Å²) in [6.45, 7) is 3.40. The Morgan fingerprint density at radius 1 is 1.37 bits per heavy atom. The molecule has 19 heavy (non-hydrogen) atoms. The molecule has 1 rings (SSSR count). The van der Waals surface area contributed by atoms with Crippen molar-refractivity contribution < 1.29 is 24.2 Å². The van der Waals surface area contributed by atoms with Crippen LogP contribution in [0.15, 0.2) is 6.20 Å². The molecule has 0 radical (unpaired) electrons. The number of nitrogens with zero attached hydrogens (tertiary/aromatic N) is 1. The van der Waals surface area contributed by atoms with Crippen molar-refractivity contribution in [2.24, 2.45) is 5.92 Å². The lowest BCUT2D eigenvalue weighted by atomic mass is 10.0. The van der Waals surface area contributed by atoms with Crippen molar-refractivity contribution in [3.63, 3.8) is 0 Å². The van der Waals surface area contributed by atoms with Gasteiger partial charge in [-0.1, -0.05) is 11.6 Å². The van der Waals surface area contributed by atoms with Crippen molar-refractivity contribution in [1.82, 2.24) is 4.98 Å². The van der Waals surface area contributed by atoms with E-state index < -0.39 is 24.0 Å². The van der Waals surface area contributed by atoms with Crippen LogP contribution in [0.1, 0.15) is 25.0 Å². The lowest BCUT2D eigenvalue weighted by molar-refractivity contribution is -0.167. The number of hydrogen-bond donors (Lipinski definition) is 1. The van der Waals surface area contributed by atoms with Crippen molar-refractivity contribution in [1.29, 1.82) is 0 Å². The molecular formula is C11H14ClNO5S. The zero-order chi connectivity index (χ0) is 14.4. The van der Waals surface area contributed by atoms with Gasteiger partial charge in [-0.15, -0.1) is 11.3 Å². The standard InChI is InChI=1S/C11H14ClNO5S/c1-3-17-10(15)7(11(16)18-4-2)8(14)9-13-5-6(12)19-9/h5,7-8,14H,3-4H2,1-2H3. The first-order valence-electron chi connectivity index (χ1n) is 5.63. The summed E-state index contributed by atoms with van der Waals surface area (Å²) in [6.07, 6.45) is -0.103. The van der Waals surface area contributed by atoms with E-state index in [9.17, 15) is 14.7 Å². The maximum Gasteiger partial charge on any atom is 0.323 e. The Kier molecular flexibility index (Phi) is 6.20. The van der Waals surface area contributed by atoms with E-state index >= 15 is 0 Å². The van der Waals surface area contributed by atoms with Crippen molar-refractivity contribution in [3.8, 4) is 0 Å². The quantitative estimate of drug-likeness (QED) is 0.634. The number of esters is 2. The fourth-order valence-corrected chi connectivity index (χ4v) is 2.32. The number of halogens is 1. The second-order valence-corrected chi connectivity index (χ2v) is 5.12. The van der Waals surface area contributed by atoms with Gasteiger partial charge >= 0.3 is 11.9 Å². The first-order chi connectivity index (χ1) is 9.01. The van der Waals surface area contributed by atoms with E-state index in [2.05, 4.69) is 4.98 Å². The summed E-state index contributed by atoms with van der Waals surface area (Å²) in [5.74, 6) is -3.15. The first-order valence-corrected chi connectivity index (χ1v) is 6.83. The van der Waals surface area contributed by atoms with Crippen LogP contribution in [-0.4, -0.2) is 35.2 Å². The van der Waals surface area contributed by atoms with Gasteiger partial charge in [-0.05, 0) is 13.8 Å². The van der Waals surface area contributed by atoms with Crippen LogP contribution in [0.5, 0.6) is 0 Å². The highest BCUT2D eigenvalue weighted by atomic mass is 35.5. The average Bonchev–Trinajstić information content (AvgIpc) is 2.76. The Hall–Kier alpha value is -1.18. The smallest absolute Gasteiger partial charge is 0.323 e. The van der Waals surface area contributed by atoms with Gasteiger partial charge in [0.05, 0.1) is 19.4 Å². The molecule has 1 N–H and O–H groups in total. The molecule has 0 aliphatic carbocycles. The molecule has 106 valence electrons. The summed E-state index contributed by atoms with van der Waals surface area (Å²) in [5, 5.41) is 10.2. The summed E-state index contributed by atoms with van der Waals surface area (Å²) in [5.41, 5.74) is 0. The Morgan fingerprint density at radius 3 is 2.26 bits per heavy atom. The van der Waals surface area contributed by atoms with Crippen LogP contribution in [0.4, 0.5) is 0 Å². The Bertz CT molecular complexity index is 432. The van der Waals surface area contributed by atoms with Crippen molar-refractivity contribution >= 4 is 34.9 Å². The molecule has 8 heteroatoms. The van der Waals surface area contributed by atoms with Gasteiger partial charge in [0.1, 0.15) is 15.4 Å². The lowest BCUT2D eigenvalue weighted by Crippen LogP contribution is -2.33. The molecular weight excluding hydrogens is 294 g/mol. The zero-order valence-corrected chi connectivity index (χ0v) is 12.0. The predicted octanol–water partition coefficient (Wildman–Crippen LogP) is 1.57. The molecule has 1 heterocycles. The molecule has 0 saturated heterocycles. The summed E-state index contributed by atoms with van der Waals surface area (Å²) in [6, 6.07) is 0. The minimum absolute atomic E-state index is 0.0973. The average molecular weight is 308 g/mol. The minimum atomic E-state index is -1.46. The van der Waals surface area contributed by atoms with Crippen LogP contribution < -0.4 is 0 Å². The monoisotopic (exact) mass is 307 g/mol. The van der Waals surface area contributed by atoms with Crippen LogP contribution in [0.2, 0.25) is 4.34 Å². The van der Waals surface area contributed by atoms with E-state index in [1.807, 2.05) is 0 Å². The van der Waals surface area contributed by atoms with E-state index in [1.165, 1.54) is 6.20 Å². The van der Waals surface area contributed by atoms with Gasteiger partial charge < -0.3 is 14.6 Å². The van der Waals surface area contributed by atoms with E-state index in [0.29, 0.717) is 4.34 Å². The SMILES string of the molecule is CCOC(=O)C(C(=O)OCC)C(O)c1ncc(Cl)s1. The van der Waals surface area contributed by atoms with Gasteiger partial charge in [-0.3, -0.25) is 9.59 Å². The number of ether oxygens (including phenoxy) is 2. The number of rotatable bonds is 6. The maximum absolute atomic E-state index is 11.7. The summed E-state index contributed by atoms with van der Waals surface area (Å²) >= 11 is 6.69. The third-order valence-corrected chi connectivity index (χ3v) is 3.33. The largest absolute Gasteiger partial charge is 0.465 e. The highest BCUT2D eigenvalue weighted by Gasteiger charge is 2.39. The topological polar surface area (TPSA) is 85.7 Å². The van der Waals surface area contributed by atoms with E-state index in [0.717, 1.165) is 11.3 Å². The number of carbonyl (C=O) groups is 2. The molecule has 0 aliphatic rings. The number of hydrogen-bond acceptors (Lipinski definition) is 7. The Balaban J connectivity index is 2.95. The fraction of sp³-hybridized carbons (Fsp3) is 0.545. The van der Waals surface area contributed by atoms with Gasteiger partial charge in [0.25, 0.3) is 0 Å². The van der Waals surface area contributed by atoms with Crippen LogP contribution in [0.3, 0.4) is 0 Å². The highest BCUT2D eigenvalue weighted by Crippen LogP contribution is 2.30. The van der Waals surface area contributed by atoms with E-state index in [1.54, 1.807) is 13.8 Å².